The lowest BCUT2D eigenvalue weighted by molar-refractivity contribution is -0.147. The van der Waals surface area contributed by atoms with Gasteiger partial charge in [-0.3, -0.25) is 9.69 Å². The summed E-state index contributed by atoms with van der Waals surface area (Å²) in [6.45, 7) is 3.15. The first-order valence-corrected chi connectivity index (χ1v) is 7.86. The number of likely N-dealkylation sites (tertiary alicyclic amines) is 1. The zero-order valence-corrected chi connectivity index (χ0v) is 12.5. The number of hydrogen-bond acceptors (Lipinski definition) is 6. The van der Waals surface area contributed by atoms with E-state index in [1.807, 2.05) is 29.3 Å². The van der Waals surface area contributed by atoms with Crippen LogP contribution in [-0.2, 0) is 11.3 Å². The number of aliphatic carboxylic acids is 1. The van der Waals surface area contributed by atoms with Gasteiger partial charge in [-0.2, -0.15) is 4.98 Å². The second-order valence-electron chi connectivity index (χ2n) is 5.37. The summed E-state index contributed by atoms with van der Waals surface area (Å²) >= 11 is 1.54. The molecule has 2 aromatic rings. The van der Waals surface area contributed by atoms with Gasteiger partial charge in [-0.1, -0.05) is 18.1 Å². The maximum absolute atomic E-state index is 11.5. The smallest absolute Gasteiger partial charge is 0.321 e. The van der Waals surface area contributed by atoms with Crippen LogP contribution < -0.4 is 0 Å². The molecule has 112 valence electrons. The van der Waals surface area contributed by atoms with Gasteiger partial charge in [0.2, 0.25) is 0 Å². The van der Waals surface area contributed by atoms with Gasteiger partial charge in [-0.25, -0.2) is 0 Å². The van der Waals surface area contributed by atoms with Crippen molar-refractivity contribution in [1.29, 1.82) is 0 Å². The van der Waals surface area contributed by atoms with Crippen molar-refractivity contribution < 1.29 is 14.4 Å². The van der Waals surface area contributed by atoms with Gasteiger partial charge in [0.1, 0.15) is 6.04 Å². The number of hydrogen-bond donors (Lipinski definition) is 1. The van der Waals surface area contributed by atoms with Crippen molar-refractivity contribution >= 4 is 17.3 Å². The number of thiophene rings is 1. The molecule has 1 fully saturated rings. The standard InChI is InChI=1S/C14H17N3O3S/c1-9-4-2-6-17(12(9)14(18)19)8-11-15-13(20-16-11)10-5-3-7-21-10/h3,5,7,9,12H,2,4,6,8H2,1H3,(H,18,19). The quantitative estimate of drug-likeness (QED) is 0.935. The molecule has 7 heteroatoms. The normalized spacial score (nSPS) is 23.3. The van der Waals surface area contributed by atoms with Crippen LogP contribution in [0.25, 0.3) is 10.8 Å². The predicted octanol–water partition coefficient (Wildman–Crippen LogP) is 2.48. The molecule has 0 radical (unpaired) electrons. The molecule has 3 heterocycles. The Balaban J connectivity index is 1.75. The van der Waals surface area contributed by atoms with E-state index in [9.17, 15) is 9.90 Å². The molecule has 6 nitrogen and oxygen atoms in total. The summed E-state index contributed by atoms with van der Waals surface area (Å²) in [6, 6.07) is 3.38. The van der Waals surface area contributed by atoms with Crippen molar-refractivity contribution in [2.75, 3.05) is 6.54 Å². The Morgan fingerprint density at radius 3 is 3.19 bits per heavy atom. The van der Waals surface area contributed by atoms with E-state index < -0.39 is 12.0 Å². The molecule has 1 aliphatic rings. The molecule has 0 aromatic carbocycles. The zero-order chi connectivity index (χ0) is 14.8. The summed E-state index contributed by atoms with van der Waals surface area (Å²) in [5.41, 5.74) is 0. The summed E-state index contributed by atoms with van der Waals surface area (Å²) in [7, 11) is 0. The molecule has 2 aromatic heterocycles. The van der Waals surface area contributed by atoms with E-state index in [4.69, 9.17) is 4.52 Å². The maximum Gasteiger partial charge on any atom is 0.321 e. The zero-order valence-electron chi connectivity index (χ0n) is 11.7. The van der Waals surface area contributed by atoms with Crippen LogP contribution in [0.3, 0.4) is 0 Å². The molecule has 0 bridgehead atoms. The SMILES string of the molecule is CC1CCCN(Cc2noc(-c3cccs3)n2)C1C(=O)O. The Hall–Kier alpha value is -1.73. The molecule has 3 rings (SSSR count). The van der Waals surface area contributed by atoms with Crippen molar-refractivity contribution in [3.8, 4) is 10.8 Å². The number of carboxylic acid groups (broad SMARTS) is 1. The summed E-state index contributed by atoms with van der Waals surface area (Å²) in [5.74, 6) is 0.403. The summed E-state index contributed by atoms with van der Waals surface area (Å²) < 4.78 is 5.25. The Morgan fingerprint density at radius 1 is 1.62 bits per heavy atom. The number of aromatic nitrogens is 2. The molecule has 2 unspecified atom stereocenters. The third-order valence-corrected chi connectivity index (χ3v) is 4.69. The molecule has 0 aliphatic carbocycles. The molecule has 0 amide bonds. The lowest BCUT2D eigenvalue weighted by Gasteiger charge is -2.36. The van der Waals surface area contributed by atoms with E-state index >= 15 is 0 Å². The molecule has 1 saturated heterocycles. The number of carbonyl (C=O) groups is 1. The Kier molecular flexibility index (Phi) is 4.03. The van der Waals surface area contributed by atoms with Gasteiger partial charge >= 0.3 is 5.97 Å². The average molecular weight is 307 g/mol. The van der Waals surface area contributed by atoms with E-state index in [0.717, 1.165) is 24.3 Å². The average Bonchev–Trinajstić information content (AvgIpc) is 3.08. The lowest BCUT2D eigenvalue weighted by Crippen LogP contribution is -2.48. The minimum Gasteiger partial charge on any atom is -0.480 e. The van der Waals surface area contributed by atoms with Crippen LogP contribution in [0.4, 0.5) is 0 Å². The fourth-order valence-corrected chi connectivity index (χ4v) is 3.49. The van der Waals surface area contributed by atoms with Gasteiger partial charge in [0.25, 0.3) is 5.89 Å². The Bertz CT molecular complexity index is 611. The van der Waals surface area contributed by atoms with Crippen molar-refractivity contribution in [2.45, 2.75) is 32.4 Å². The van der Waals surface area contributed by atoms with Crippen molar-refractivity contribution in [3.63, 3.8) is 0 Å². The first-order chi connectivity index (χ1) is 10.1. The van der Waals surface area contributed by atoms with Gasteiger partial charge in [0.05, 0.1) is 11.4 Å². The van der Waals surface area contributed by atoms with Gasteiger partial charge < -0.3 is 9.63 Å². The largest absolute Gasteiger partial charge is 0.480 e. The van der Waals surface area contributed by atoms with Crippen molar-refractivity contribution in [2.24, 2.45) is 5.92 Å². The topological polar surface area (TPSA) is 79.5 Å². The Morgan fingerprint density at radius 2 is 2.48 bits per heavy atom. The molecule has 2 atom stereocenters. The number of carboxylic acids is 1. The minimum absolute atomic E-state index is 0.139. The van der Waals surface area contributed by atoms with Crippen LogP contribution in [0.15, 0.2) is 22.0 Å². The van der Waals surface area contributed by atoms with Crippen molar-refractivity contribution in [1.82, 2.24) is 15.0 Å². The van der Waals surface area contributed by atoms with E-state index in [1.54, 1.807) is 0 Å². The van der Waals surface area contributed by atoms with Gasteiger partial charge in [0, 0.05) is 0 Å². The highest BCUT2D eigenvalue weighted by Gasteiger charge is 2.34. The van der Waals surface area contributed by atoms with Crippen LogP contribution >= 0.6 is 11.3 Å². The van der Waals surface area contributed by atoms with Crippen LogP contribution in [0.1, 0.15) is 25.6 Å². The summed E-state index contributed by atoms with van der Waals surface area (Å²) in [5, 5.41) is 15.3. The molecular weight excluding hydrogens is 290 g/mol. The summed E-state index contributed by atoms with van der Waals surface area (Å²) in [6.07, 6.45) is 1.95. The second kappa shape index (κ2) is 5.95. The molecule has 1 aliphatic heterocycles. The molecular formula is C14H17N3O3S. The first-order valence-electron chi connectivity index (χ1n) is 6.98. The fourth-order valence-electron chi connectivity index (χ4n) is 2.85. The number of rotatable bonds is 4. The molecule has 21 heavy (non-hydrogen) atoms. The fraction of sp³-hybridized carbons (Fsp3) is 0.500. The number of piperidine rings is 1. The van der Waals surface area contributed by atoms with Crippen LogP contribution in [-0.4, -0.2) is 38.7 Å². The first kappa shape index (κ1) is 14.2. The number of nitrogens with zero attached hydrogens (tertiary/aromatic N) is 3. The second-order valence-corrected chi connectivity index (χ2v) is 6.31. The predicted molar refractivity (Wildman–Crippen MR) is 77.8 cm³/mol. The highest BCUT2D eigenvalue weighted by molar-refractivity contribution is 7.13. The van der Waals surface area contributed by atoms with Crippen molar-refractivity contribution in [3.05, 3.63) is 23.3 Å². The molecule has 1 N–H and O–H groups in total. The molecule has 0 spiro atoms. The van der Waals surface area contributed by atoms with E-state index in [1.165, 1.54) is 11.3 Å². The van der Waals surface area contributed by atoms with Gasteiger partial charge in [-0.05, 0) is 36.8 Å². The van der Waals surface area contributed by atoms with Gasteiger partial charge in [0.15, 0.2) is 5.82 Å². The third kappa shape index (κ3) is 2.98. The Labute approximate surface area is 126 Å². The van der Waals surface area contributed by atoms with E-state index in [2.05, 4.69) is 10.1 Å². The highest BCUT2D eigenvalue weighted by atomic mass is 32.1. The summed E-state index contributed by atoms with van der Waals surface area (Å²) in [4.78, 5) is 18.7. The maximum atomic E-state index is 11.5. The minimum atomic E-state index is -0.774. The highest BCUT2D eigenvalue weighted by Crippen LogP contribution is 2.26. The molecule has 0 saturated carbocycles. The van der Waals surface area contributed by atoms with E-state index in [-0.39, 0.29) is 5.92 Å². The van der Waals surface area contributed by atoms with Crippen LogP contribution in [0.2, 0.25) is 0 Å². The van der Waals surface area contributed by atoms with Crippen LogP contribution in [0.5, 0.6) is 0 Å². The lowest BCUT2D eigenvalue weighted by atomic mass is 9.91. The van der Waals surface area contributed by atoms with Gasteiger partial charge in [-0.15, -0.1) is 11.3 Å². The van der Waals surface area contributed by atoms with Crippen LogP contribution in [0, 0.1) is 5.92 Å². The monoisotopic (exact) mass is 307 g/mol. The van der Waals surface area contributed by atoms with E-state index in [0.29, 0.717) is 18.3 Å². The third-order valence-electron chi connectivity index (χ3n) is 3.83.